The minimum Gasteiger partial charge on any atom is -0.272 e. The van der Waals surface area contributed by atoms with Gasteiger partial charge in [0.1, 0.15) is 10.7 Å². The van der Waals surface area contributed by atoms with E-state index in [-0.39, 0.29) is 28.6 Å². The number of nitrogens with one attached hydrogen (secondary N) is 1. The summed E-state index contributed by atoms with van der Waals surface area (Å²) in [7, 11) is -3.96. The number of rotatable bonds is 8. The highest BCUT2D eigenvalue weighted by atomic mass is 32.2. The Hall–Kier alpha value is -2.66. The van der Waals surface area contributed by atoms with Gasteiger partial charge in [0.05, 0.1) is 17.1 Å². The van der Waals surface area contributed by atoms with Gasteiger partial charge in [0.25, 0.3) is 0 Å². The van der Waals surface area contributed by atoms with Crippen molar-refractivity contribution in [3.8, 4) is 11.3 Å². The highest BCUT2D eigenvalue weighted by molar-refractivity contribution is 7.89. The first-order valence-corrected chi connectivity index (χ1v) is 10.3. The van der Waals surface area contributed by atoms with Crippen molar-refractivity contribution in [2.45, 2.75) is 38.3 Å². The van der Waals surface area contributed by atoms with Gasteiger partial charge in [0, 0.05) is 24.8 Å². The largest absolute Gasteiger partial charge is 0.333 e. The van der Waals surface area contributed by atoms with E-state index in [4.69, 9.17) is 0 Å². The third-order valence-electron chi connectivity index (χ3n) is 4.35. The molecule has 3 rings (SSSR count). The molecule has 0 radical (unpaired) electrons. The monoisotopic (exact) mass is 427 g/mol. The SMILES string of the molecule is Cc1nn(C(F)F)c(C)c1S(=O)(=O)NCCCn1ccc(-c2ccc(F)cc2)n1. The van der Waals surface area contributed by atoms with E-state index >= 15 is 0 Å². The number of sulfonamides is 1. The van der Waals surface area contributed by atoms with Crippen LogP contribution in [0.1, 0.15) is 24.4 Å². The summed E-state index contributed by atoms with van der Waals surface area (Å²) in [5.41, 5.74) is 1.36. The van der Waals surface area contributed by atoms with Gasteiger partial charge in [-0.05, 0) is 50.6 Å². The maximum Gasteiger partial charge on any atom is 0.333 e. The zero-order valence-electron chi connectivity index (χ0n) is 15.8. The third-order valence-corrected chi connectivity index (χ3v) is 6.06. The van der Waals surface area contributed by atoms with Gasteiger partial charge in [-0.25, -0.2) is 22.2 Å². The Morgan fingerprint density at radius 2 is 1.79 bits per heavy atom. The number of hydrogen-bond acceptors (Lipinski definition) is 4. The molecule has 0 amide bonds. The molecule has 0 aliphatic rings. The van der Waals surface area contributed by atoms with Crippen molar-refractivity contribution in [1.29, 1.82) is 0 Å². The summed E-state index contributed by atoms with van der Waals surface area (Å²) in [6.07, 6.45) is 2.18. The zero-order chi connectivity index (χ0) is 21.2. The van der Waals surface area contributed by atoms with Crippen molar-refractivity contribution in [2.24, 2.45) is 0 Å². The number of aromatic nitrogens is 4. The molecule has 0 fully saturated rings. The lowest BCUT2D eigenvalue weighted by molar-refractivity contribution is 0.0538. The van der Waals surface area contributed by atoms with Crippen LogP contribution in [-0.2, 0) is 16.6 Å². The Morgan fingerprint density at radius 1 is 1.10 bits per heavy atom. The summed E-state index contributed by atoms with van der Waals surface area (Å²) in [4.78, 5) is -0.226. The summed E-state index contributed by atoms with van der Waals surface area (Å²) in [5.74, 6) is -0.329. The van der Waals surface area contributed by atoms with E-state index in [1.165, 1.54) is 26.0 Å². The fraction of sp³-hybridized carbons (Fsp3) is 0.333. The lowest BCUT2D eigenvalue weighted by Crippen LogP contribution is -2.26. The lowest BCUT2D eigenvalue weighted by Gasteiger charge is -2.08. The molecule has 1 N–H and O–H groups in total. The van der Waals surface area contributed by atoms with Crippen LogP contribution >= 0.6 is 0 Å². The van der Waals surface area contributed by atoms with Crippen LogP contribution in [0.5, 0.6) is 0 Å². The average Bonchev–Trinajstić information content (AvgIpc) is 3.24. The number of alkyl halides is 2. The van der Waals surface area contributed by atoms with Crippen LogP contribution in [0.2, 0.25) is 0 Å². The molecule has 7 nitrogen and oxygen atoms in total. The van der Waals surface area contributed by atoms with Gasteiger partial charge < -0.3 is 0 Å². The van der Waals surface area contributed by atoms with Gasteiger partial charge in [-0.1, -0.05) is 0 Å². The standard InChI is InChI=1S/C18H20F3N5O2S/c1-12-17(13(2)26(23-12)18(20)21)29(27,28)22-9-3-10-25-11-8-16(24-25)14-4-6-15(19)7-5-14/h4-8,11,18,22H,3,9-10H2,1-2H3. The summed E-state index contributed by atoms with van der Waals surface area (Å²) in [6, 6.07) is 7.73. The van der Waals surface area contributed by atoms with Crippen LogP contribution in [0.15, 0.2) is 41.4 Å². The van der Waals surface area contributed by atoms with Gasteiger partial charge in [0.15, 0.2) is 0 Å². The van der Waals surface area contributed by atoms with Crippen molar-refractivity contribution in [1.82, 2.24) is 24.3 Å². The molecule has 11 heteroatoms. The minimum absolute atomic E-state index is 0.0197. The quantitative estimate of drug-likeness (QED) is 0.560. The third kappa shape index (κ3) is 4.67. The molecule has 3 aromatic rings. The predicted molar refractivity (Wildman–Crippen MR) is 100 cm³/mol. The number of halogens is 3. The Bertz CT molecular complexity index is 1090. The summed E-state index contributed by atoms with van der Waals surface area (Å²) < 4.78 is 68.2. The molecule has 0 atom stereocenters. The second kappa shape index (κ2) is 8.37. The zero-order valence-corrected chi connectivity index (χ0v) is 16.6. The van der Waals surface area contributed by atoms with Gasteiger partial charge in [0.2, 0.25) is 10.0 Å². The van der Waals surface area contributed by atoms with E-state index in [2.05, 4.69) is 14.9 Å². The molecule has 1 aromatic carbocycles. The molecule has 0 saturated heterocycles. The van der Waals surface area contributed by atoms with Crippen LogP contribution in [0, 0.1) is 19.7 Å². The highest BCUT2D eigenvalue weighted by Gasteiger charge is 2.26. The minimum atomic E-state index is -3.96. The second-order valence-electron chi connectivity index (χ2n) is 6.44. The molecule has 0 aliphatic carbocycles. The Morgan fingerprint density at radius 3 is 2.41 bits per heavy atom. The molecule has 0 saturated carbocycles. The fourth-order valence-corrected chi connectivity index (χ4v) is 4.48. The van der Waals surface area contributed by atoms with Crippen LogP contribution in [0.25, 0.3) is 11.3 Å². The van der Waals surface area contributed by atoms with E-state index in [1.54, 1.807) is 29.1 Å². The van der Waals surface area contributed by atoms with Crippen LogP contribution in [0.4, 0.5) is 13.2 Å². The maximum atomic E-state index is 13.0. The average molecular weight is 427 g/mol. The Balaban J connectivity index is 1.59. The van der Waals surface area contributed by atoms with Gasteiger partial charge >= 0.3 is 6.55 Å². The molecule has 0 spiro atoms. The van der Waals surface area contributed by atoms with E-state index in [1.807, 2.05) is 0 Å². The van der Waals surface area contributed by atoms with E-state index in [9.17, 15) is 21.6 Å². The van der Waals surface area contributed by atoms with Crippen molar-refractivity contribution < 1.29 is 21.6 Å². The van der Waals surface area contributed by atoms with Crippen LogP contribution in [-0.4, -0.2) is 34.5 Å². The number of benzene rings is 1. The molecule has 0 bridgehead atoms. The van der Waals surface area contributed by atoms with E-state index < -0.39 is 16.6 Å². The summed E-state index contributed by atoms with van der Waals surface area (Å²) >= 11 is 0. The topological polar surface area (TPSA) is 81.8 Å². The highest BCUT2D eigenvalue weighted by Crippen LogP contribution is 2.23. The Kier molecular flexibility index (Phi) is 6.08. The van der Waals surface area contributed by atoms with Crippen molar-refractivity contribution in [2.75, 3.05) is 6.54 Å². The second-order valence-corrected chi connectivity index (χ2v) is 8.15. The van der Waals surface area contributed by atoms with Crippen molar-refractivity contribution in [3.05, 3.63) is 53.7 Å². The lowest BCUT2D eigenvalue weighted by atomic mass is 10.1. The normalized spacial score (nSPS) is 12.1. The summed E-state index contributed by atoms with van der Waals surface area (Å²) in [5, 5.41) is 7.97. The molecule has 0 aliphatic heterocycles. The predicted octanol–water partition coefficient (Wildman–Crippen LogP) is 3.27. The van der Waals surface area contributed by atoms with Crippen LogP contribution in [0.3, 0.4) is 0 Å². The first-order valence-electron chi connectivity index (χ1n) is 8.82. The van der Waals surface area contributed by atoms with E-state index in [0.717, 1.165) is 5.56 Å². The number of aryl methyl sites for hydroxylation is 2. The van der Waals surface area contributed by atoms with E-state index in [0.29, 0.717) is 23.3 Å². The molecule has 29 heavy (non-hydrogen) atoms. The molecular formula is C18H20F3N5O2S. The Labute approximate surface area is 166 Å². The molecule has 2 heterocycles. The maximum absolute atomic E-state index is 13.0. The van der Waals surface area contributed by atoms with Crippen molar-refractivity contribution >= 4 is 10.0 Å². The van der Waals surface area contributed by atoms with Gasteiger partial charge in [-0.15, -0.1) is 0 Å². The molecule has 2 aromatic heterocycles. The number of nitrogens with zero attached hydrogens (tertiary/aromatic N) is 4. The smallest absolute Gasteiger partial charge is 0.272 e. The fourth-order valence-electron chi connectivity index (χ4n) is 3.01. The number of hydrogen-bond donors (Lipinski definition) is 1. The molecular weight excluding hydrogens is 407 g/mol. The first kappa shape index (κ1) is 21.1. The van der Waals surface area contributed by atoms with Gasteiger partial charge in [-0.3, -0.25) is 4.68 Å². The van der Waals surface area contributed by atoms with Crippen LogP contribution < -0.4 is 4.72 Å². The van der Waals surface area contributed by atoms with Crippen molar-refractivity contribution in [3.63, 3.8) is 0 Å². The summed E-state index contributed by atoms with van der Waals surface area (Å²) in [6.45, 7) is 0.306. The molecule has 156 valence electrons. The molecule has 0 unspecified atom stereocenters. The van der Waals surface area contributed by atoms with Gasteiger partial charge in [-0.2, -0.15) is 19.0 Å². The first-order chi connectivity index (χ1) is 13.7.